The van der Waals surface area contributed by atoms with Crippen LogP contribution >= 0.6 is 7.29 Å². The quantitative estimate of drug-likeness (QED) is 0.491. The van der Waals surface area contributed by atoms with E-state index in [1.807, 2.05) is 9.39 Å². The van der Waals surface area contributed by atoms with E-state index in [0.717, 1.165) is 17.1 Å². The van der Waals surface area contributed by atoms with Crippen LogP contribution in [-0.2, 0) is 19.6 Å². The topological polar surface area (TPSA) is 107 Å². The zero-order chi connectivity index (χ0) is 21.1. The molecule has 1 amide bonds. The van der Waals surface area contributed by atoms with Crippen LogP contribution in [0.4, 0.5) is 4.39 Å². The molecule has 0 aromatic rings. The first-order chi connectivity index (χ1) is 13.5. The summed E-state index contributed by atoms with van der Waals surface area (Å²) >= 11 is 0. The predicted octanol–water partition coefficient (Wildman–Crippen LogP) is 0.947. The van der Waals surface area contributed by atoms with Gasteiger partial charge in [-0.2, -0.15) is 12.7 Å². The van der Waals surface area contributed by atoms with Crippen molar-refractivity contribution >= 4 is 23.4 Å². The van der Waals surface area contributed by atoms with Crippen molar-refractivity contribution in [3.05, 3.63) is 11.6 Å². The number of nitrogens with zero attached hydrogens (tertiary/aromatic N) is 2. The molecule has 3 fully saturated rings. The Kier molecular flexibility index (Phi) is 5.48. The molecule has 0 aromatic heterocycles. The van der Waals surface area contributed by atoms with E-state index >= 15 is 4.39 Å². The van der Waals surface area contributed by atoms with Gasteiger partial charge in [0.15, 0.2) is 0 Å². The van der Waals surface area contributed by atoms with Crippen LogP contribution in [0.25, 0.3) is 0 Å². The molecule has 4 aliphatic rings. The van der Waals surface area contributed by atoms with Gasteiger partial charge in [-0.15, -0.1) is 0 Å². The van der Waals surface area contributed by atoms with Gasteiger partial charge in [-0.05, 0) is 43.4 Å². The van der Waals surface area contributed by atoms with Gasteiger partial charge in [-0.1, -0.05) is 11.6 Å². The second-order valence-electron chi connectivity index (χ2n) is 9.17. The summed E-state index contributed by atoms with van der Waals surface area (Å²) in [6.07, 6.45) is 2.03. The number of carbonyl (C=O) groups is 1. The molecule has 2 heterocycles. The number of carbonyl (C=O) groups excluding carboxylic acids is 1. The number of alkyl halides is 1. The number of aliphatic hydroxyl groups is 1. The van der Waals surface area contributed by atoms with Crippen molar-refractivity contribution in [2.24, 2.45) is 17.8 Å². The van der Waals surface area contributed by atoms with Gasteiger partial charge in [0.2, 0.25) is 5.91 Å². The average Bonchev–Trinajstić information content (AvgIpc) is 3.19. The third-order valence-electron chi connectivity index (χ3n) is 7.04. The summed E-state index contributed by atoms with van der Waals surface area (Å²) < 4.78 is 57.0. The molecule has 6 unspecified atom stereocenters. The van der Waals surface area contributed by atoms with E-state index in [1.165, 1.54) is 5.57 Å². The molecule has 2 aliphatic carbocycles. The Balaban J connectivity index is 1.50. The Labute approximate surface area is 171 Å². The molecule has 0 radical (unpaired) electrons. The standard InChI is InChI=1S/C18H29FN3O5PS/c1-28(2,25)21-6-5-13(9-21)11-3-4-12-8-15(23)18(17(19)14(12)7-11)22-10-16(24)20-29(22,26)27/h5,11-12,14-15,17-18,23H,3-4,6-10H2,1-2H3,(H,20,24). The number of aliphatic hydroxyl groups excluding tert-OH is 1. The van der Waals surface area contributed by atoms with Crippen molar-refractivity contribution in [3.63, 3.8) is 0 Å². The van der Waals surface area contributed by atoms with Crippen molar-refractivity contribution in [2.75, 3.05) is 33.0 Å². The van der Waals surface area contributed by atoms with Crippen LogP contribution < -0.4 is 4.72 Å². The maximum absolute atomic E-state index is 15.6. The fourth-order valence-electron chi connectivity index (χ4n) is 5.51. The van der Waals surface area contributed by atoms with Gasteiger partial charge in [0.25, 0.3) is 0 Å². The highest BCUT2D eigenvalue weighted by atomic mass is 32.2. The lowest BCUT2D eigenvalue weighted by Gasteiger charge is -2.48. The van der Waals surface area contributed by atoms with Crippen LogP contribution in [0.2, 0.25) is 0 Å². The van der Waals surface area contributed by atoms with Gasteiger partial charge in [0.1, 0.15) is 13.5 Å². The molecule has 4 rings (SSSR count). The molecule has 0 bridgehead atoms. The second-order valence-corrected chi connectivity index (χ2v) is 13.9. The highest BCUT2D eigenvalue weighted by Crippen LogP contribution is 2.50. The Morgan fingerprint density at radius 3 is 2.55 bits per heavy atom. The third-order valence-corrected chi connectivity index (χ3v) is 10.2. The minimum absolute atomic E-state index is 0.00280. The van der Waals surface area contributed by atoms with Crippen LogP contribution in [0.3, 0.4) is 0 Å². The van der Waals surface area contributed by atoms with E-state index in [2.05, 4.69) is 6.08 Å². The van der Waals surface area contributed by atoms with Crippen molar-refractivity contribution < 1.29 is 27.3 Å². The molecule has 0 spiro atoms. The van der Waals surface area contributed by atoms with E-state index in [4.69, 9.17) is 0 Å². The molecule has 164 valence electrons. The molecule has 8 nitrogen and oxygen atoms in total. The van der Waals surface area contributed by atoms with Gasteiger partial charge >= 0.3 is 10.2 Å². The van der Waals surface area contributed by atoms with Crippen LogP contribution in [-0.4, -0.2) is 79.7 Å². The minimum atomic E-state index is -4.11. The summed E-state index contributed by atoms with van der Waals surface area (Å²) in [6, 6.07) is -1.24. The number of nitrogens with one attached hydrogen (secondary N) is 1. The van der Waals surface area contributed by atoms with Crippen molar-refractivity contribution in [1.29, 1.82) is 0 Å². The summed E-state index contributed by atoms with van der Waals surface area (Å²) in [4.78, 5) is 11.6. The van der Waals surface area contributed by atoms with Crippen LogP contribution in [0.5, 0.6) is 0 Å². The molecular weight excluding hydrogens is 420 g/mol. The molecule has 6 atom stereocenters. The zero-order valence-corrected chi connectivity index (χ0v) is 18.4. The second kappa shape index (κ2) is 7.41. The summed E-state index contributed by atoms with van der Waals surface area (Å²) in [5.41, 5.74) is 1.19. The lowest BCUT2D eigenvalue weighted by molar-refractivity contribution is -0.119. The normalized spacial score (nSPS) is 41.1. The SMILES string of the molecule is CP(C)(=O)N1CC=C(C2CCC3CC(O)C(N4CC(=O)NS4(=O)=O)C(F)C3C2)C1. The molecule has 29 heavy (non-hydrogen) atoms. The molecule has 11 heteroatoms. The van der Waals surface area contributed by atoms with Crippen molar-refractivity contribution in [1.82, 2.24) is 13.7 Å². The Bertz CT molecular complexity index is 875. The van der Waals surface area contributed by atoms with E-state index in [-0.39, 0.29) is 17.8 Å². The number of fused-ring (bicyclic) bond motifs is 1. The van der Waals surface area contributed by atoms with E-state index < -0.39 is 48.3 Å². The number of halogens is 1. The van der Waals surface area contributed by atoms with Gasteiger partial charge in [-0.3, -0.25) is 4.79 Å². The number of hydrogen-bond donors (Lipinski definition) is 2. The maximum Gasteiger partial charge on any atom is 0.304 e. The van der Waals surface area contributed by atoms with Gasteiger partial charge in [0.05, 0.1) is 18.7 Å². The first kappa shape index (κ1) is 21.4. The Morgan fingerprint density at radius 2 is 1.97 bits per heavy atom. The summed E-state index contributed by atoms with van der Waals surface area (Å²) in [7, 11) is -6.44. The Morgan fingerprint density at radius 1 is 1.24 bits per heavy atom. The third kappa shape index (κ3) is 3.94. The molecular formula is C18H29FN3O5PS. The first-order valence-corrected chi connectivity index (χ1v) is 14.1. The number of amides is 1. The van der Waals surface area contributed by atoms with E-state index in [9.17, 15) is 22.9 Å². The van der Waals surface area contributed by atoms with Crippen LogP contribution in [0.1, 0.15) is 25.7 Å². The summed E-state index contributed by atoms with van der Waals surface area (Å²) in [5, 5.41) is 10.5. The highest BCUT2D eigenvalue weighted by Gasteiger charge is 2.54. The van der Waals surface area contributed by atoms with Crippen molar-refractivity contribution in [2.45, 2.75) is 44.0 Å². The first-order valence-electron chi connectivity index (χ1n) is 10.1. The average molecular weight is 449 g/mol. The zero-order valence-electron chi connectivity index (χ0n) is 16.7. The fraction of sp³-hybridized carbons (Fsp3) is 0.833. The van der Waals surface area contributed by atoms with Crippen molar-refractivity contribution in [3.8, 4) is 0 Å². The van der Waals surface area contributed by atoms with Gasteiger partial charge < -0.3 is 9.67 Å². The molecule has 2 aliphatic heterocycles. The lowest BCUT2D eigenvalue weighted by atomic mass is 9.63. The largest absolute Gasteiger partial charge is 0.391 e. The summed E-state index contributed by atoms with van der Waals surface area (Å²) in [5.74, 6) is -0.884. The molecule has 2 N–H and O–H groups in total. The monoisotopic (exact) mass is 449 g/mol. The maximum atomic E-state index is 15.6. The number of hydrogen-bond acceptors (Lipinski definition) is 5. The fourth-order valence-corrected chi connectivity index (χ4v) is 7.82. The van der Waals surface area contributed by atoms with Gasteiger partial charge in [0, 0.05) is 26.4 Å². The predicted molar refractivity (Wildman–Crippen MR) is 107 cm³/mol. The molecule has 2 saturated carbocycles. The minimum Gasteiger partial charge on any atom is -0.391 e. The van der Waals surface area contributed by atoms with Gasteiger partial charge in [-0.25, -0.2) is 13.8 Å². The molecule has 0 aromatic carbocycles. The molecule has 1 saturated heterocycles. The highest BCUT2D eigenvalue weighted by molar-refractivity contribution is 7.88. The van der Waals surface area contributed by atoms with E-state index in [1.54, 1.807) is 13.3 Å². The van der Waals surface area contributed by atoms with Crippen LogP contribution in [0, 0.1) is 17.8 Å². The van der Waals surface area contributed by atoms with Crippen LogP contribution in [0.15, 0.2) is 11.6 Å². The smallest absolute Gasteiger partial charge is 0.304 e. The number of rotatable bonds is 3. The lowest BCUT2D eigenvalue weighted by Crippen LogP contribution is -2.58. The van der Waals surface area contributed by atoms with E-state index in [0.29, 0.717) is 25.9 Å². The Hall–Kier alpha value is -0.800. The summed E-state index contributed by atoms with van der Waals surface area (Å²) in [6.45, 7) is 4.32.